The van der Waals surface area contributed by atoms with Gasteiger partial charge in [-0.25, -0.2) is 4.39 Å². The average Bonchev–Trinajstić information content (AvgIpc) is 3.58. The summed E-state index contributed by atoms with van der Waals surface area (Å²) in [6.07, 6.45) is -1.91. The number of fused-ring (bicyclic) bond motifs is 3. The normalized spacial score (nSPS) is 26.4. The molecular formula is C36H33F6N3O4. The first-order valence-corrected chi connectivity index (χ1v) is 16.1. The van der Waals surface area contributed by atoms with Crippen molar-refractivity contribution in [2.75, 3.05) is 11.4 Å². The Morgan fingerprint density at radius 1 is 0.918 bits per heavy atom. The fourth-order valence-electron chi connectivity index (χ4n) is 7.68. The summed E-state index contributed by atoms with van der Waals surface area (Å²) < 4.78 is 89.3. The number of hydrogen-bond acceptors (Lipinski definition) is 6. The molecule has 0 spiro atoms. The maximum absolute atomic E-state index is 14.0. The molecule has 13 heteroatoms. The first kappa shape index (κ1) is 33.1. The summed E-state index contributed by atoms with van der Waals surface area (Å²) in [6.45, 7) is -2.69. The Hall–Kier alpha value is -4.39. The molecule has 2 bridgehead atoms. The SMILES string of the molecule is O=C(C1CC(O)(C(F)(F)F)C1)N(CC12CCC(c3noc(-c4ccc(F)cc4)n3)(CC1)CC2)c1cccc(-c2ccc(OC(F)F)cc2)c1. The van der Waals surface area contributed by atoms with Gasteiger partial charge in [0.15, 0.2) is 11.4 Å². The van der Waals surface area contributed by atoms with Crippen molar-refractivity contribution in [2.24, 2.45) is 11.3 Å². The molecule has 3 aromatic carbocycles. The van der Waals surface area contributed by atoms with Crippen molar-refractivity contribution in [1.82, 2.24) is 10.1 Å². The highest BCUT2D eigenvalue weighted by molar-refractivity contribution is 5.96. The van der Waals surface area contributed by atoms with Crippen molar-refractivity contribution in [3.63, 3.8) is 0 Å². The molecule has 0 unspecified atom stereocenters. The predicted octanol–water partition coefficient (Wildman–Crippen LogP) is 8.47. The van der Waals surface area contributed by atoms with Gasteiger partial charge in [-0.05, 0) is 116 Å². The van der Waals surface area contributed by atoms with Crippen LogP contribution >= 0.6 is 0 Å². The number of amides is 1. The summed E-state index contributed by atoms with van der Waals surface area (Å²) in [4.78, 5) is 20.3. The first-order valence-electron chi connectivity index (χ1n) is 16.1. The maximum Gasteiger partial charge on any atom is 0.417 e. The third-order valence-corrected chi connectivity index (χ3v) is 10.8. The van der Waals surface area contributed by atoms with E-state index >= 15 is 0 Å². The van der Waals surface area contributed by atoms with Crippen LogP contribution in [0.5, 0.6) is 5.75 Å². The van der Waals surface area contributed by atoms with Gasteiger partial charge in [-0.15, -0.1) is 0 Å². The fraction of sp³-hybridized carbons (Fsp3) is 0.417. The van der Waals surface area contributed by atoms with Crippen molar-refractivity contribution < 1.29 is 45.5 Å². The van der Waals surface area contributed by atoms with Crippen LogP contribution in [0, 0.1) is 17.2 Å². The van der Waals surface area contributed by atoms with E-state index in [4.69, 9.17) is 4.52 Å². The number of halogens is 6. The predicted molar refractivity (Wildman–Crippen MR) is 166 cm³/mol. The van der Waals surface area contributed by atoms with Gasteiger partial charge in [-0.1, -0.05) is 29.4 Å². The zero-order chi connectivity index (χ0) is 34.6. The van der Waals surface area contributed by atoms with Crippen LogP contribution in [-0.2, 0) is 10.2 Å². The van der Waals surface area contributed by atoms with E-state index in [9.17, 15) is 36.2 Å². The smallest absolute Gasteiger partial charge is 0.417 e. The molecule has 1 heterocycles. The van der Waals surface area contributed by atoms with Gasteiger partial charge in [0.05, 0.1) is 0 Å². The van der Waals surface area contributed by atoms with Crippen LogP contribution in [0.2, 0.25) is 0 Å². The number of nitrogens with zero attached hydrogens (tertiary/aromatic N) is 3. The minimum Gasteiger partial charge on any atom is -0.435 e. The van der Waals surface area contributed by atoms with Crippen molar-refractivity contribution in [1.29, 1.82) is 0 Å². The van der Waals surface area contributed by atoms with Gasteiger partial charge >= 0.3 is 12.8 Å². The van der Waals surface area contributed by atoms with E-state index < -0.39 is 43.1 Å². The van der Waals surface area contributed by atoms with Crippen molar-refractivity contribution in [2.45, 2.75) is 75.2 Å². The van der Waals surface area contributed by atoms with Crippen LogP contribution in [0.1, 0.15) is 57.2 Å². The highest BCUT2D eigenvalue weighted by Crippen LogP contribution is 2.58. The molecule has 8 rings (SSSR count). The molecule has 0 saturated heterocycles. The van der Waals surface area contributed by atoms with Gasteiger partial charge in [0.25, 0.3) is 5.89 Å². The van der Waals surface area contributed by atoms with Crippen LogP contribution < -0.4 is 9.64 Å². The summed E-state index contributed by atoms with van der Waals surface area (Å²) in [5.41, 5.74) is -1.07. The largest absolute Gasteiger partial charge is 0.435 e. The second-order valence-electron chi connectivity index (χ2n) is 13.7. The van der Waals surface area contributed by atoms with E-state index in [2.05, 4.69) is 14.9 Å². The maximum atomic E-state index is 14.0. The van der Waals surface area contributed by atoms with Crippen LogP contribution in [0.15, 0.2) is 77.3 Å². The molecule has 0 atom stereocenters. The highest BCUT2D eigenvalue weighted by atomic mass is 19.4. The third kappa shape index (κ3) is 6.28. The topological polar surface area (TPSA) is 88.7 Å². The Morgan fingerprint density at radius 2 is 1.55 bits per heavy atom. The molecule has 4 saturated carbocycles. The van der Waals surface area contributed by atoms with E-state index in [0.717, 1.165) is 38.5 Å². The van der Waals surface area contributed by atoms with Crippen molar-refractivity contribution in [3.8, 4) is 28.3 Å². The Labute approximate surface area is 277 Å². The second kappa shape index (κ2) is 12.2. The van der Waals surface area contributed by atoms with E-state index in [1.807, 2.05) is 0 Å². The Balaban J connectivity index is 1.13. The molecule has 258 valence electrons. The molecule has 1 aromatic heterocycles. The number of rotatable bonds is 9. The number of carbonyl (C=O) groups excluding carboxylic acids is 1. The van der Waals surface area contributed by atoms with Gasteiger partial charge in [0.1, 0.15) is 11.6 Å². The summed E-state index contributed by atoms with van der Waals surface area (Å²) in [6, 6.07) is 18.9. The first-order chi connectivity index (χ1) is 23.3. The lowest BCUT2D eigenvalue weighted by molar-refractivity contribution is -0.295. The highest BCUT2D eigenvalue weighted by Gasteiger charge is 2.63. The minimum absolute atomic E-state index is 0.00823. The Bertz CT molecular complexity index is 1790. The Morgan fingerprint density at radius 3 is 2.16 bits per heavy atom. The summed E-state index contributed by atoms with van der Waals surface area (Å²) in [5, 5.41) is 14.4. The lowest BCUT2D eigenvalue weighted by Crippen LogP contribution is -2.60. The molecule has 4 aliphatic carbocycles. The Kier molecular flexibility index (Phi) is 8.24. The number of hydrogen-bond donors (Lipinski definition) is 1. The fourth-order valence-corrected chi connectivity index (χ4v) is 7.68. The molecule has 0 radical (unpaired) electrons. The molecular weight excluding hydrogens is 652 g/mol. The zero-order valence-corrected chi connectivity index (χ0v) is 26.2. The molecule has 0 aliphatic heterocycles. The van der Waals surface area contributed by atoms with Crippen molar-refractivity contribution in [3.05, 3.63) is 84.4 Å². The van der Waals surface area contributed by atoms with E-state index in [1.165, 1.54) is 24.3 Å². The number of ether oxygens (including phenoxy) is 1. The van der Waals surface area contributed by atoms with E-state index in [0.29, 0.717) is 34.1 Å². The van der Waals surface area contributed by atoms with Gasteiger partial charge in [0.2, 0.25) is 5.91 Å². The van der Waals surface area contributed by atoms with Crippen LogP contribution in [0.25, 0.3) is 22.6 Å². The lowest BCUT2D eigenvalue weighted by atomic mass is 9.53. The van der Waals surface area contributed by atoms with Crippen LogP contribution in [0.4, 0.5) is 32.0 Å². The zero-order valence-electron chi connectivity index (χ0n) is 26.2. The summed E-state index contributed by atoms with van der Waals surface area (Å²) >= 11 is 0. The third-order valence-electron chi connectivity index (χ3n) is 10.8. The van der Waals surface area contributed by atoms with Gasteiger partial charge in [-0.2, -0.15) is 26.9 Å². The number of aliphatic hydroxyl groups is 1. The van der Waals surface area contributed by atoms with E-state index in [1.54, 1.807) is 53.4 Å². The summed E-state index contributed by atoms with van der Waals surface area (Å²) in [5.74, 6) is -0.975. The molecule has 4 aliphatic rings. The summed E-state index contributed by atoms with van der Waals surface area (Å²) in [7, 11) is 0. The standard InChI is InChI=1S/C36H33F6N3O4/c37-26-8-4-23(5-9-26)29-43-31(44-49-29)34-15-12-33(13-16-34,14-17-34)21-45(30(46)25-19-35(47,20-25)36(40,41)42)27-3-1-2-24(18-27)22-6-10-28(11-7-22)48-32(38)39/h1-11,18,25,32,47H,12-17,19-21H2. The molecule has 7 nitrogen and oxygen atoms in total. The quantitative estimate of drug-likeness (QED) is 0.178. The molecule has 1 N–H and O–H groups in total. The molecule has 4 aromatic rings. The number of anilines is 1. The molecule has 1 amide bonds. The van der Waals surface area contributed by atoms with Gasteiger partial charge < -0.3 is 19.3 Å². The monoisotopic (exact) mass is 685 g/mol. The number of alkyl halides is 5. The van der Waals surface area contributed by atoms with Crippen molar-refractivity contribution >= 4 is 11.6 Å². The van der Waals surface area contributed by atoms with E-state index in [-0.39, 0.29) is 28.9 Å². The van der Waals surface area contributed by atoms with Crippen LogP contribution in [0.3, 0.4) is 0 Å². The molecule has 4 fully saturated rings. The van der Waals surface area contributed by atoms with Gasteiger partial charge in [-0.3, -0.25) is 4.79 Å². The van der Waals surface area contributed by atoms with Crippen LogP contribution in [-0.4, -0.2) is 46.1 Å². The minimum atomic E-state index is -4.84. The number of aromatic nitrogens is 2. The number of carbonyl (C=O) groups is 1. The molecule has 49 heavy (non-hydrogen) atoms. The average molecular weight is 686 g/mol. The lowest BCUT2D eigenvalue weighted by Gasteiger charge is -2.54. The number of benzene rings is 3. The van der Waals surface area contributed by atoms with Gasteiger partial charge in [0, 0.05) is 29.1 Å². The second-order valence-corrected chi connectivity index (χ2v) is 13.7.